The number of Topliss-reactive ketones (excluding diaryl/α,β-unsaturated/α-hetero) is 2. The van der Waals surface area contributed by atoms with E-state index in [1.165, 1.54) is 0 Å². The van der Waals surface area contributed by atoms with Crippen LogP contribution in [0.2, 0.25) is 5.28 Å². The SMILES string of the molecule is O=C(c1cc(-c2ccncc2)nc(Cl)n1)C1CCC[C@@]2(CCCCC23OCCO3)C1=O. The van der Waals surface area contributed by atoms with Crippen LogP contribution in [0.4, 0.5) is 0 Å². The van der Waals surface area contributed by atoms with Gasteiger partial charge in [-0.15, -0.1) is 0 Å². The molecular formula is C23H24ClN3O4. The zero-order valence-corrected chi connectivity index (χ0v) is 17.9. The number of pyridine rings is 1. The van der Waals surface area contributed by atoms with Gasteiger partial charge in [-0.25, -0.2) is 9.97 Å². The van der Waals surface area contributed by atoms with Gasteiger partial charge < -0.3 is 9.47 Å². The predicted octanol–water partition coefficient (Wildman–Crippen LogP) is 4.05. The summed E-state index contributed by atoms with van der Waals surface area (Å²) in [6.45, 7) is 0.981. The van der Waals surface area contributed by atoms with E-state index in [9.17, 15) is 9.59 Å². The second kappa shape index (κ2) is 8.04. The Morgan fingerprint density at radius 1 is 1.03 bits per heavy atom. The number of ketones is 2. The second-order valence-corrected chi connectivity index (χ2v) is 8.89. The van der Waals surface area contributed by atoms with Gasteiger partial charge in [-0.05, 0) is 55.5 Å². The zero-order chi connectivity index (χ0) is 21.5. The molecule has 5 rings (SSSR count). The number of fused-ring (bicyclic) bond motifs is 1. The molecule has 2 aromatic heterocycles. The van der Waals surface area contributed by atoms with Crippen LogP contribution >= 0.6 is 11.6 Å². The molecule has 0 bridgehead atoms. The van der Waals surface area contributed by atoms with E-state index in [0.29, 0.717) is 44.6 Å². The highest BCUT2D eigenvalue weighted by Crippen LogP contribution is 2.56. The van der Waals surface area contributed by atoms with Crippen LogP contribution in [-0.2, 0) is 14.3 Å². The summed E-state index contributed by atoms with van der Waals surface area (Å²) in [5.41, 5.74) is 0.713. The van der Waals surface area contributed by atoms with Crippen molar-refractivity contribution >= 4 is 23.2 Å². The third-order valence-corrected chi connectivity index (χ3v) is 7.14. The summed E-state index contributed by atoms with van der Waals surface area (Å²) in [7, 11) is 0. The highest BCUT2D eigenvalue weighted by Gasteiger charge is 2.63. The molecule has 0 aromatic carbocycles. The first-order valence-corrected chi connectivity index (χ1v) is 11.2. The second-order valence-electron chi connectivity index (χ2n) is 8.56. The van der Waals surface area contributed by atoms with E-state index in [0.717, 1.165) is 24.8 Å². The number of carbonyl (C=O) groups is 2. The summed E-state index contributed by atoms with van der Waals surface area (Å²) in [6, 6.07) is 5.18. The first-order valence-electron chi connectivity index (χ1n) is 10.9. The van der Waals surface area contributed by atoms with Gasteiger partial charge in [0.05, 0.1) is 30.2 Å². The molecule has 1 aliphatic heterocycles. The topological polar surface area (TPSA) is 91.3 Å². The molecule has 2 aliphatic carbocycles. The van der Waals surface area contributed by atoms with Crippen molar-refractivity contribution in [2.45, 2.75) is 50.7 Å². The Balaban J connectivity index is 1.49. The molecule has 1 unspecified atom stereocenters. The van der Waals surface area contributed by atoms with Crippen LogP contribution < -0.4 is 0 Å². The van der Waals surface area contributed by atoms with Crippen molar-refractivity contribution in [1.82, 2.24) is 15.0 Å². The smallest absolute Gasteiger partial charge is 0.223 e. The van der Waals surface area contributed by atoms with Crippen molar-refractivity contribution in [2.24, 2.45) is 11.3 Å². The number of carbonyl (C=O) groups excluding carboxylic acids is 2. The molecule has 3 heterocycles. The van der Waals surface area contributed by atoms with Crippen LogP contribution in [0.5, 0.6) is 0 Å². The first-order chi connectivity index (χ1) is 15.0. The van der Waals surface area contributed by atoms with Gasteiger partial charge in [-0.3, -0.25) is 14.6 Å². The summed E-state index contributed by atoms with van der Waals surface area (Å²) >= 11 is 6.14. The molecule has 8 heteroatoms. The predicted molar refractivity (Wildman–Crippen MR) is 112 cm³/mol. The van der Waals surface area contributed by atoms with Crippen molar-refractivity contribution in [3.63, 3.8) is 0 Å². The fourth-order valence-corrected chi connectivity index (χ4v) is 5.74. The van der Waals surface area contributed by atoms with Crippen LogP contribution in [0.25, 0.3) is 11.3 Å². The largest absolute Gasteiger partial charge is 0.346 e. The number of nitrogens with zero attached hydrogens (tertiary/aromatic N) is 3. The molecule has 0 N–H and O–H groups in total. The van der Waals surface area contributed by atoms with Gasteiger partial charge in [0.1, 0.15) is 5.69 Å². The molecule has 7 nitrogen and oxygen atoms in total. The van der Waals surface area contributed by atoms with E-state index in [1.54, 1.807) is 30.6 Å². The lowest BCUT2D eigenvalue weighted by Gasteiger charge is -2.51. The van der Waals surface area contributed by atoms with E-state index in [4.69, 9.17) is 21.1 Å². The molecule has 31 heavy (non-hydrogen) atoms. The Kier molecular flexibility index (Phi) is 5.36. The third-order valence-electron chi connectivity index (χ3n) is 6.97. The highest BCUT2D eigenvalue weighted by atomic mass is 35.5. The molecule has 2 saturated carbocycles. The van der Waals surface area contributed by atoms with E-state index in [-0.39, 0.29) is 22.5 Å². The Hall–Kier alpha value is -2.22. The lowest BCUT2D eigenvalue weighted by Crippen LogP contribution is -2.60. The normalized spacial score (nSPS) is 27.6. The molecule has 0 amide bonds. The maximum absolute atomic E-state index is 13.9. The highest BCUT2D eigenvalue weighted by molar-refractivity contribution is 6.28. The Morgan fingerprint density at radius 2 is 1.74 bits per heavy atom. The number of halogens is 1. The van der Waals surface area contributed by atoms with Gasteiger partial charge >= 0.3 is 0 Å². The Bertz CT molecular complexity index is 1010. The maximum Gasteiger partial charge on any atom is 0.223 e. The third kappa shape index (κ3) is 3.39. The molecule has 162 valence electrons. The van der Waals surface area contributed by atoms with Crippen molar-refractivity contribution < 1.29 is 19.1 Å². The van der Waals surface area contributed by atoms with Gasteiger partial charge in [-0.2, -0.15) is 0 Å². The average Bonchev–Trinajstić information content (AvgIpc) is 3.27. The number of rotatable bonds is 3. The van der Waals surface area contributed by atoms with Crippen LogP contribution in [0.1, 0.15) is 55.4 Å². The monoisotopic (exact) mass is 441 g/mol. The van der Waals surface area contributed by atoms with Crippen LogP contribution in [0.15, 0.2) is 30.6 Å². The Morgan fingerprint density at radius 3 is 2.52 bits per heavy atom. The summed E-state index contributed by atoms with van der Waals surface area (Å²) in [5.74, 6) is -2.02. The minimum absolute atomic E-state index is 0.0211. The van der Waals surface area contributed by atoms with Gasteiger partial charge in [0.15, 0.2) is 17.4 Å². The lowest BCUT2D eigenvalue weighted by molar-refractivity contribution is -0.255. The zero-order valence-electron chi connectivity index (χ0n) is 17.2. The molecule has 2 atom stereocenters. The van der Waals surface area contributed by atoms with E-state index in [1.807, 2.05) is 0 Å². The molecule has 0 radical (unpaired) electrons. The van der Waals surface area contributed by atoms with Gasteiger partial charge in [0, 0.05) is 24.4 Å². The fraction of sp³-hybridized carbons (Fsp3) is 0.522. The summed E-state index contributed by atoms with van der Waals surface area (Å²) in [4.78, 5) is 39.8. The minimum Gasteiger partial charge on any atom is -0.346 e. The average molecular weight is 442 g/mol. The van der Waals surface area contributed by atoms with Crippen LogP contribution in [0, 0.1) is 11.3 Å². The molecule has 3 aliphatic rings. The molecule has 1 saturated heterocycles. The summed E-state index contributed by atoms with van der Waals surface area (Å²) in [5, 5.41) is -0.0211. The van der Waals surface area contributed by atoms with Crippen LogP contribution in [-0.4, -0.2) is 45.5 Å². The first kappa shape index (κ1) is 20.7. The number of ether oxygens (including phenoxy) is 2. The number of hydrogen-bond donors (Lipinski definition) is 0. The van der Waals surface area contributed by atoms with E-state index in [2.05, 4.69) is 15.0 Å². The lowest BCUT2D eigenvalue weighted by atomic mass is 9.57. The Labute approximate surface area is 185 Å². The van der Waals surface area contributed by atoms with Gasteiger partial charge in [0.2, 0.25) is 5.28 Å². The quantitative estimate of drug-likeness (QED) is 0.403. The summed E-state index contributed by atoms with van der Waals surface area (Å²) < 4.78 is 12.1. The van der Waals surface area contributed by atoms with Crippen molar-refractivity contribution in [3.8, 4) is 11.3 Å². The van der Waals surface area contributed by atoms with Gasteiger partial charge in [-0.1, -0.05) is 12.8 Å². The molecule has 2 spiro atoms. The van der Waals surface area contributed by atoms with Crippen molar-refractivity contribution in [1.29, 1.82) is 0 Å². The van der Waals surface area contributed by atoms with Crippen molar-refractivity contribution in [3.05, 3.63) is 41.6 Å². The standard InChI is InChI=1S/C23H24ClN3O4/c24-21-26-17(15-5-10-25-11-6-15)14-18(27-21)19(28)16-4-3-8-22(20(16)29)7-1-2-9-23(22)30-12-13-31-23/h5-6,10-11,14,16H,1-4,7-9,12-13H2/t16?,22-/m0/s1. The summed E-state index contributed by atoms with van der Waals surface area (Å²) in [6.07, 6.45) is 8.55. The molecule has 3 fully saturated rings. The van der Waals surface area contributed by atoms with Crippen molar-refractivity contribution in [2.75, 3.05) is 13.2 Å². The maximum atomic E-state index is 13.9. The minimum atomic E-state index is -0.882. The van der Waals surface area contributed by atoms with E-state index >= 15 is 0 Å². The number of hydrogen-bond acceptors (Lipinski definition) is 7. The van der Waals surface area contributed by atoms with E-state index < -0.39 is 17.1 Å². The number of aromatic nitrogens is 3. The van der Waals surface area contributed by atoms with Crippen LogP contribution in [0.3, 0.4) is 0 Å². The molecular weight excluding hydrogens is 418 g/mol. The fourth-order valence-electron chi connectivity index (χ4n) is 5.56. The van der Waals surface area contributed by atoms with Gasteiger partial charge in [0.25, 0.3) is 0 Å². The molecule has 2 aromatic rings.